The van der Waals surface area contributed by atoms with E-state index in [1.54, 1.807) is 7.11 Å². The molecular formula is C23H22F3NO. The average molecular weight is 385 g/mol. The predicted octanol–water partition coefficient (Wildman–Crippen LogP) is 6.23. The lowest BCUT2D eigenvalue weighted by Crippen LogP contribution is -2.18. The van der Waals surface area contributed by atoms with Crippen molar-refractivity contribution in [3.8, 4) is 16.9 Å². The topological polar surface area (TPSA) is 21.3 Å². The Balaban J connectivity index is 1.80. The zero-order valence-corrected chi connectivity index (χ0v) is 15.8. The fourth-order valence-electron chi connectivity index (χ4n) is 3.06. The molecule has 146 valence electrons. The van der Waals surface area contributed by atoms with Gasteiger partial charge in [-0.15, -0.1) is 0 Å². The molecule has 0 heterocycles. The Morgan fingerprint density at radius 1 is 0.929 bits per heavy atom. The molecule has 0 amide bonds. The summed E-state index contributed by atoms with van der Waals surface area (Å²) in [5.41, 5.74) is 3.01. The molecule has 0 aromatic heterocycles. The van der Waals surface area contributed by atoms with Crippen LogP contribution in [-0.4, -0.2) is 7.11 Å². The quantitative estimate of drug-likeness (QED) is 0.543. The van der Waals surface area contributed by atoms with Crippen LogP contribution in [0.4, 0.5) is 13.2 Å². The molecule has 0 fully saturated rings. The van der Waals surface area contributed by atoms with Gasteiger partial charge in [-0.3, -0.25) is 0 Å². The Labute approximate surface area is 163 Å². The van der Waals surface area contributed by atoms with Gasteiger partial charge in [0.1, 0.15) is 5.75 Å². The van der Waals surface area contributed by atoms with Gasteiger partial charge in [-0.25, -0.2) is 0 Å². The van der Waals surface area contributed by atoms with Gasteiger partial charge in [0.05, 0.1) is 12.7 Å². The van der Waals surface area contributed by atoms with E-state index in [9.17, 15) is 13.2 Å². The first-order chi connectivity index (χ1) is 13.4. The minimum absolute atomic E-state index is 0.179. The van der Waals surface area contributed by atoms with Crippen molar-refractivity contribution in [2.45, 2.75) is 25.7 Å². The van der Waals surface area contributed by atoms with E-state index in [2.05, 4.69) is 24.4 Å². The summed E-state index contributed by atoms with van der Waals surface area (Å²) < 4.78 is 43.8. The molecule has 1 N–H and O–H groups in total. The van der Waals surface area contributed by atoms with E-state index >= 15 is 0 Å². The molecule has 28 heavy (non-hydrogen) atoms. The van der Waals surface area contributed by atoms with Gasteiger partial charge in [-0.1, -0.05) is 48.5 Å². The largest absolute Gasteiger partial charge is 0.496 e. The third-order valence-corrected chi connectivity index (χ3v) is 4.70. The van der Waals surface area contributed by atoms with E-state index in [1.807, 2.05) is 36.4 Å². The maximum atomic E-state index is 12.8. The number of hydrogen-bond acceptors (Lipinski definition) is 2. The van der Waals surface area contributed by atoms with Crippen molar-refractivity contribution in [1.29, 1.82) is 0 Å². The van der Waals surface area contributed by atoms with Crippen molar-refractivity contribution in [1.82, 2.24) is 5.32 Å². The Morgan fingerprint density at radius 3 is 2.21 bits per heavy atom. The van der Waals surface area contributed by atoms with E-state index < -0.39 is 11.7 Å². The Morgan fingerprint density at radius 2 is 1.61 bits per heavy atom. The van der Waals surface area contributed by atoms with Crippen molar-refractivity contribution < 1.29 is 17.9 Å². The van der Waals surface area contributed by atoms with Crippen LogP contribution < -0.4 is 10.1 Å². The molecule has 0 radical (unpaired) electrons. The molecular weight excluding hydrogens is 363 g/mol. The fraction of sp³-hybridized carbons (Fsp3) is 0.217. The van der Waals surface area contributed by atoms with Crippen LogP contribution in [-0.2, 0) is 12.7 Å². The SMILES string of the molecule is COc1ccc(CNC(C)c2ccccc2)cc1-c1ccc(C(F)(F)F)cc1. The second-order valence-electron chi connectivity index (χ2n) is 6.62. The molecule has 3 aromatic carbocycles. The van der Waals surface area contributed by atoms with Crippen molar-refractivity contribution in [3.05, 3.63) is 89.5 Å². The molecule has 2 nitrogen and oxygen atoms in total. The van der Waals surface area contributed by atoms with E-state index in [4.69, 9.17) is 4.74 Å². The van der Waals surface area contributed by atoms with E-state index in [-0.39, 0.29) is 6.04 Å². The summed E-state index contributed by atoms with van der Waals surface area (Å²) in [7, 11) is 1.55. The average Bonchev–Trinajstić information content (AvgIpc) is 2.72. The smallest absolute Gasteiger partial charge is 0.416 e. The highest BCUT2D eigenvalue weighted by atomic mass is 19.4. The van der Waals surface area contributed by atoms with Gasteiger partial charge in [0, 0.05) is 18.2 Å². The van der Waals surface area contributed by atoms with Crippen LogP contribution in [0.25, 0.3) is 11.1 Å². The molecule has 0 saturated heterocycles. The van der Waals surface area contributed by atoms with E-state index in [1.165, 1.54) is 17.7 Å². The maximum absolute atomic E-state index is 12.8. The fourth-order valence-corrected chi connectivity index (χ4v) is 3.06. The first-order valence-electron chi connectivity index (χ1n) is 9.01. The Hall–Kier alpha value is -2.79. The second kappa shape index (κ2) is 8.48. The minimum Gasteiger partial charge on any atom is -0.496 e. The molecule has 3 aromatic rings. The Bertz CT molecular complexity index is 905. The summed E-state index contributed by atoms with van der Waals surface area (Å²) in [6, 6.07) is 21.2. The molecule has 0 saturated carbocycles. The zero-order valence-electron chi connectivity index (χ0n) is 15.8. The number of rotatable bonds is 6. The summed E-state index contributed by atoms with van der Waals surface area (Å²) in [4.78, 5) is 0. The number of halogens is 3. The van der Waals surface area contributed by atoms with Gasteiger partial charge >= 0.3 is 6.18 Å². The summed E-state index contributed by atoms with van der Waals surface area (Å²) >= 11 is 0. The highest BCUT2D eigenvalue weighted by molar-refractivity contribution is 5.71. The predicted molar refractivity (Wildman–Crippen MR) is 105 cm³/mol. The van der Waals surface area contributed by atoms with Gasteiger partial charge in [0.15, 0.2) is 0 Å². The normalized spacial score (nSPS) is 12.6. The molecule has 0 aliphatic carbocycles. The number of methoxy groups -OCH3 is 1. The van der Waals surface area contributed by atoms with Crippen molar-refractivity contribution in [3.63, 3.8) is 0 Å². The lowest BCUT2D eigenvalue weighted by atomic mass is 10.00. The number of benzene rings is 3. The zero-order chi connectivity index (χ0) is 20.1. The summed E-state index contributed by atoms with van der Waals surface area (Å²) in [5, 5.41) is 3.47. The molecule has 0 bridgehead atoms. The van der Waals surface area contributed by atoms with Crippen molar-refractivity contribution in [2.75, 3.05) is 7.11 Å². The number of ether oxygens (including phenoxy) is 1. The molecule has 3 rings (SSSR count). The molecule has 0 spiro atoms. The Kier molecular flexibility index (Phi) is 6.05. The van der Waals surface area contributed by atoms with E-state index in [0.717, 1.165) is 23.3 Å². The van der Waals surface area contributed by atoms with Gasteiger partial charge in [-0.2, -0.15) is 13.2 Å². The number of alkyl halides is 3. The lowest BCUT2D eigenvalue weighted by molar-refractivity contribution is -0.137. The van der Waals surface area contributed by atoms with Crippen LogP contribution in [0.15, 0.2) is 72.8 Å². The van der Waals surface area contributed by atoms with Gasteiger partial charge < -0.3 is 10.1 Å². The minimum atomic E-state index is -4.35. The molecule has 1 unspecified atom stereocenters. The molecule has 0 aliphatic heterocycles. The molecule has 0 aliphatic rings. The molecule has 5 heteroatoms. The first kappa shape index (κ1) is 20.0. The standard InChI is InChI=1S/C23H22F3NO/c1-16(18-6-4-3-5-7-18)27-15-17-8-13-22(28-2)21(14-17)19-9-11-20(12-10-19)23(24,25)26/h3-14,16,27H,15H2,1-2H3. The third-order valence-electron chi connectivity index (χ3n) is 4.70. The highest BCUT2D eigenvalue weighted by Crippen LogP contribution is 2.34. The van der Waals surface area contributed by atoms with Crippen LogP contribution >= 0.6 is 0 Å². The van der Waals surface area contributed by atoms with Crippen LogP contribution in [0, 0.1) is 0 Å². The number of hydrogen-bond donors (Lipinski definition) is 1. The first-order valence-corrected chi connectivity index (χ1v) is 9.01. The van der Waals surface area contributed by atoms with Gasteiger partial charge in [-0.05, 0) is 47.9 Å². The monoisotopic (exact) mass is 385 g/mol. The van der Waals surface area contributed by atoms with Gasteiger partial charge in [0.2, 0.25) is 0 Å². The summed E-state index contributed by atoms with van der Waals surface area (Å²) in [6.45, 7) is 2.73. The van der Waals surface area contributed by atoms with Crippen LogP contribution in [0.5, 0.6) is 5.75 Å². The van der Waals surface area contributed by atoms with Crippen LogP contribution in [0.2, 0.25) is 0 Å². The van der Waals surface area contributed by atoms with Crippen molar-refractivity contribution >= 4 is 0 Å². The van der Waals surface area contributed by atoms with Crippen molar-refractivity contribution in [2.24, 2.45) is 0 Å². The highest BCUT2D eigenvalue weighted by Gasteiger charge is 2.30. The van der Waals surface area contributed by atoms with E-state index in [0.29, 0.717) is 17.9 Å². The lowest BCUT2D eigenvalue weighted by Gasteiger charge is -2.16. The summed E-state index contributed by atoms with van der Waals surface area (Å²) in [5.74, 6) is 0.625. The second-order valence-corrected chi connectivity index (χ2v) is 6.62. The number of nitrogens with one attached hydrogen (secondary N) is 1. The molecule has 1 atom stereocenters. The maximum Gasteiger partial charge on any atom is 0.416 e. The van der Waals surface area contributed by atoms with Crippen LogP contribution in [0.3, 0.4) is 0 Å². The van der Waals surface area contributed by atoms with Crippen LogP contribution in [0.1, 0.15) is 29.7 Å². The van der Waals surface area contributed by atoms with Gasteiger partial charge in [0.25, 0.3) is 0 Å². The third kappa shape index (κ3) is 4.73. The summed E-state index contributed by atoms with van der Waals surface area (Å²) in [6.07, 6.45) is -4.35.